The molecule has 0 aliphatic heterocycles. The number of ether oxygens (including phenoxy) is 2. The predicted octanol–water partition coefficient (Wildman–Crippen LogP) is 1.90. The lowest BCUT2D eigenvalue weighted by Gasteiger charge is -2.14. The number of nitrogens with zero attached hydrogens (tertiary/aromatic N) is 1. The van der Waals surface area contributed by atoms with E-state index in [1.165, 1.54) is 0 Å². The molecule has 0 unspecified atom stereocenters. The number of amides is 1. The van der Waals surface area contributed by atoms with Gasteiger partial charge in [0.15, 0.2) is 5.96 Å². The van der Waals surface area contributed by atoms with Crippen molar-refractivity contribution in [3.05, 3.63) is 47.9 Å². The summed E-state index contributed by atoms with van der Waals surface area (Å²) in [4.78, 5) is 16.0. The lowest BCUT2D eigenvalue weighted by atomic mass is 10.2. The Bertz CT molecular complexity index is 735. The first-order valence-corrected chi connectivity index (χ1v) is 8.10. The number of rotatable bonds is 8. The van der Waals surface area contributed by atoms with Gasteiger partial charge in [-0.3, -0.25) is 9.79 Å². The fourth-order valence-electron chi connectivity index (χ4n) is 2.22. The van der Waals surface area contributed by atoms with Gasteiger partial charge in [0.25, 0.3) is 0 Å². The monoisotopic (exact) mass is 488 g/mol. The largest absolute Gasteiger partial charge is 0.497 e. The highest BCUT2D eigenvalue weighted by molar-refractivity contribution is 14.0. The molecule has 0 saturated carbocycles. The van der Waals surface area contributed by atoms with Gasteiger partial charge in [0, 0.05) is 25.2 Å². The lowest BCUT2D eigenvalue weighted by molar-refractivity contribution is -0.120. The molecule has 2 rings (SSSR count). The van der Waals surface area contributed by atoms with Crippen LogP contribution in [-0.4, -0.2) is 39.7 Å². The van der Waals surface area contributed by atoms with Crippen LogP contribution in [0.5, 0.6) is 11.5 Å². The Labute approximate surface area is 175 Å². The maximum atomic E-state index is 11.9. The first kappa shape index (κ1) is 22.6. The van der Waals surface area contributed by atoms with Crippen molar-refractivity contribution in [2.45, 2.75) is 13.1 Å². The van der Waals surface area contributed by atoms with E-state index in [-0.39, 0.29) is 36.4 Å². The van der Waals surface area contributed by atoms with Crippen LogP contribution in [0.15, 0.2) is 46.0 Å². The number of aliphatic imine (C=N–C) groups is 1. The van der Waals surface area contributed by atoms with E-state index in [2.05, 4.69) is 20.9 Å². The van der Waals surface area contributed by atoms with E-state index in [9.17, 15) is 4.79 Å². The number of hydrogen-bond acceptors (Lipinski definition) is 5. The third-order valence-corrected chi connectivity index (χ3v) is 3.62. The number of hydrogen-bond donors (Lipinski definition) is 3. The topological polar surface area (TPSA) is 97.1 Å². The van der Waals surface area contributed by atoms with Crippen LogP contribution in [0.2, 0.25) is 0 Å². The molecule has 9 heteroatoms. The summed E-state index contributed by atoms with van der Waals surface area (Å²) >= 11 is 0. The Hall–Kier alpha value is -2.43. The highest BCUT2D eigenvalue weighted by atomic mass is 127. The Balaban J connectivity index is 0.00000364. The lowest BCUT2D eigenvalue weighted by Crippen LogP contribution is -2.42. The van der Waals surface area contributed by atoms with Crippen molar-refractivity contribution in [2.24, 2.45) is 4.99 Å². The van der Waals surface area contributed by atoms with Crippen LogP contribution in [0.1, 0.15) is 11.3 Å². The van der Waals surface area contributed by atoms with Gasteiger partial charge < -0.3 is 29.8 Å². The van der Waals surface area contributed by atoms with Crippen molar-refractivity contribution >= 4 is 35.8 Å². The van der Waals surface area contributed by atoms with E-state index in [1.54, 1.807) is 39.7 Å². The van der Waals surface area contributed by atoms with Gasteiger partial charge in [0.1, 0.15) is 17.3 Å². The Morgan fingerprint density at radius 3 is 2.56 bits per heavy atom. The number of benzene rings is 1. The summed E-state index contributed by atoms with van der Waals surface area (Å²) in [5, 5.41) is 8.86. The van der Waals surface area contributed by atoms with Crippen molar-refractivity contribution in [1.29, 1.82) is 0 Å². The summed E-state index contributed by atoms with van der Waals surface area (Å²) in [5.41, 5.74) is 0.943. The zero-order valence-electron chi connectivity index (χ0n) is 15.6. The minimum atomic E-state index is -0.161. The van der Waals surface area contributed by atoms with Gasteiger partial charge in [0.2, 0.25) is 5.91 Å². The first-order chi connectivity index (χ1) is 12.7. The molecule has 0 atom stereocenters. The molecule has 0 spiro atoms. The van der Waals surface area contributed by atoms with Crippen LogP contribution in [0, 0.1) is 0 Å². The molecule has 148 valence electrons. The molecule has 0 radical (unpaired) electrons. The van der Waals surface area contributed by atoms with Gasteiger partial charge in [-0.2, -0.15) is 0 Å². The molecule has 0 aliphatic rings. The van der Waals surface area contributed by atoms with Gasteiger partial charge >= 0.3 is 0 Å². The number of nitrogens with one attached hydrogen (secondary N) is 3. The van der Waals surface area contributed by atoms with Crippen molar-refractivity contribution in [1.82, 2.24) is 16.0 Å². The van der Waals surface area contributed by atoms with E-state index in [1.807, 2.05) is 18.2 Å². The summed E-state index contributed by atoms with van der Waals surface area (Å²) in [6.45, 7) is 0.934. The van der Waals surface area contributed by atoms with Crippen LogP contribution in [0.4, 0.5) is 0 Å². The summed E-state index contributed by atoms with van der Waals surface area (Å²) < 4.78 is 15.7. The normalized spacial score (nSPS) is 10.6. The Morgan fingerprint density at radius 1 is 1.11 bits per heavy atom. The fourth-order valence-corrected chi connectivity index (χ4v) is 2.22. The average Bonchev–Trinajstić information content (AvgIpc) is 3.20. The second-order valence-electron chi connectivity index (χ2n) is 5.31. The molecule has 1 aromatic heterocycles. The molecule has 1 heterocycles. The highest BCUT2D eigenvalue weighted by Crippen LogP contribution is 2.24. The highest BCUT2D eigenvalue weighted by Gasteiger charge is 2.08. The Morgan fingerprint density at radius 2 is 1.93 bits per heavy atom. The molecule has 27 heavy (non-hydrogen) atoms. The quantitative estimate of drug-likeness (QED) is 0.299. The summed E-state index contributed by atoms with van der Waals surface area (Å²) in [6.07, 6.45) is 1.57. The van der Waals surface area contributed by atoms with E-state index in [0.29, 0.717) is 30.6 Å². The summed E-state index contributed by atoms with van der Waals surface area (Å²) in [6, 6.07) is 9.16. The number of guanidine groups is 1. The van der Waals surface area contributed by atoms with E-state index in [4.69, 9.17) is 13.9 Å². The van der Waals surface area contributed by atoms with Gasteiger partial charge in [-0.1, -0.05) is 0 Å². The van der Waals surface area contributed by atoms with Crippen molar-refractivity contribution in [2.75, 3.05) is 27.8 Å². The maximum Gasteiger partial charge on any atom is 0.239 e. The summed E-state index contributed by atoms with van der Waals surface area (Å²) in [7, 11) is 4.85. The first-order valence-electron chi connectivity index (χ1n) is 8.10. The zero-order valence-corrected chi connectivity index (χ0v) is 17.9. The second kappa shape index (κ2) is 12.0. The standard InChI is InChI=1S/C18H24N4O4.HI/c1-19-18(22-12-17(23)20-11-15-5-4-8-26-15)21-10-13-6-7-14(24-2)9-16(13)25-3;/h4-9H,10-12H2,1-3H3,(H,20,23)(H2,19,21,22);1H. The molecule has 0 fully saturated rings. The predicted molar refractivity (Wildman–Crippen MR) is 114 cm³/mol. The minimum absolute atomic E-state index is 0. The molecule has 0 bridgehead atoms. The van der Waals surface area contributed by atoms with Crippen molar-refractivity contribution in [3.63, 3.8) is 0 Å². The van der Waals surface area contributed by atoms with E-state index >= 15 is 0 Å². The van der Waals surface area contributed by atoms with Crippen molar-refractivity contribution < 1.29 is 18.7 Å². The number of halogens is 1. The van der Waals surface area contributed by atoms with Crippen LogP contribution >= 0.6 is 24.0 Å². The van der Waals surface area contributed by atoms with Gasteiger partial charge in [0.05, 0.1) is 33.6 Å². The molecule has 8 nitrogen and oxygen atoms in total. The number of carbonyl (C=O) groups is 1. The van der Waals surface area contributed by atoms with Crippen LogP contribution in [0.25, 0.3) is 0 Å². The third-order valence-electron chi connectivity index (χ3n) is 3.62. The van der Waals surface area contributed by atoms with Gasteiger partial charge in [-0.15, -0.1) is 24.0 Å². The van der Waals surface area contributed by atoms with E-state index in [0.717, 1.165) is 11.3 Å². The molecule has 0 saturated heterocycles. The molecule has 1 amide bonds. The fraction of sp³-hybridized carbons (Fsp3) is 0.333. The SMILES string of the molecule is CN=C(NCC(=O)NCc1ccco1)NCc1ccc(OC)cc1OC.I. The molecule has 0 aliphatic carbocycles. The van der Waals surface area contributed by atoms with Crippen molar-refractivity contribution in [3.8, 4) is 11.5 Å². The number of furan rings is 1. The van der Waals surface area contributed by atoms with Crippen LogP contribution < -0.4 is 25.4 Å². The zero-order chi connectivity index (χ0) is 18.8. The second-order valence-corrected chi connectivity index (χ2v) is 5.31. The van der Waals surface area contributed by atoms with Gasteiger partial charge in [-0.05, 0) is 24.3 Å². The van der Waals surface area contributed by atoms with Gasteiger partial charge in [-0.25, -0.2) is 0 Å². The number of carbonyl (C=O) groups excluding carboxylic acids is 1. The molecular weight excluding hydrogens is 463 g/mol. The number of methoxy groups -OCH3 is 2. The molecule has 1 aromatic carbocycles. The van der Waals surface area contributed by atoms with Crippen LogP contribution in [-0.2, 0) is 17.9 Å². The van der Waals surface area contributed by atoms with E-state index < -0.39 is 0 Å². The molecule has 2 aromatic rings. The minimum Gasteiger partial charge on any atom is -0.497 e. The third kappa shape index (κ3) is 7.37. The average molecular weight is 488 g/mol. The summed E-state index contributed by atoms with van der Waals surface area (Å²) in [5.74, 6) is 2.49. The van der Waals surface area contributed by atoms with Crippen LogP contribution in [0.3, 0.4) is 0 Å². The maximum absolute atomic E-state index is 11.9. The molecular formula is C18H25IN4O4. The Kier molecular flexibility index (Phi) is 10.1. The molecule has 3 N–H and O–H groups in total. The smallest absolute Gasteiger partial charge is 0.239 e.